The number of aliphatic hydroxyl groups excluding tert-OH is 1. The number of aryl methyl sites for hydroxylation is 1. The first-order valence-electron chi connectivity index (χ1n) is 7.31. The van der Waals surface area contributed by atoms with Gasteiger partial charge in [0.2, 0.25) is 0 Å². The highest BCUT2D eigenvalue weighted by Crippen LogP contribution is 2.24. The monoisotopic (exact) mass is 293 g/mol. The fourth-order valence-electron chi connectivity index (χ4n) is 2.35. The van der Waals surface area contributed by atoms with E-state index in [2.05, 4.69) is 0 Å². The highest BCUT2D eigenvalue weighted by Gasteiger charge is 2.24. The van der Waals surface area contributed by atoms with Crippen molar-refractivity contribution in [3.8, 4) is 5.75 Å². The van der Waals surface area contributed by atoms with E-state index in [4.69, 9.17) is 9.47 Å². The van der Waals surface area contributed by atoms with Crippen molar-refractivity contribution in [2.75, 3.05) is 26.3 Å². The molecule has 0 saturated carbocycles. The average Bonchev–Trinajstić information content (AvgIpc) is 2.49. The zero-order valence-corrected chi connectivity index (χ0v) is 12.8. The van der Waals surface area contributed by atoms with E-state index in [0.29, 0.717) is 32.1 Å². The van der Waals surface area contributed by atoms with Crippen LogP contribution in [0.15, 0.2) is 18.2 Å². The maximum absolute atomic E-state index is 12.3. The highest BCUT2D eigenvalue weighted by atomic mass is 16.5. The molecule has 1 unspecified atom stereocenters. The summed E-state index contributed by atoms with van der Waals surface area (Å²) in [5.74, 6) is 0.658. The van der Waals surface area contributed by atoms with Crippen LogP contribution >= 0.6 is 0 Å². The Morgan fingerprint density at radius 2 is 2.00 bits per heavy atom. The van der Waals surface area contributed by atoms with Crippen LogP contribution in [-0.4, -0.2) is 48.3 Å². The molecule has 1 N–H and O–H groups in total. The summed E-state index contributed by atoms with van der Waals surface area (Å²) in [6.45, 7) is 7.80. The topological polar surface area (TPSA) is 59.0 Å². The Hall–Kier alpha value is -1.59. The van der Waals surface area contributed by atoms with Gasteiger partial charge in [0.1, 0.15) is 5.75 Å². The molecule has 1 aliphatic heterocycles. The summed E-state index contributed by atoms with van der Waals surface area (Å²) in [6, 6.07) is 5.51. The molecule has 0 aliphatic carbocycles. The fourth-order valence-corrected chi connectivity index (χ4v) is 2.35. The van der Waals surface area contributed by atoms with Gasteiger partial charge in [0.05, 0.1) is 19.3 Å². The van der Waals surface area contributed by atoms with E-state index in [-0.39, 0.29) is 5.91 Å². The Labute approximate surface area is 125 Å². The van der Waals surface area contributed by atoms with Gasteiger partial charge >= 0.3 is 0 Å². The SMILES string of the molecule is Cc1cc([C@@H](C)O)ccc1OC(C)C(=O)N1CCOCC1. The molecule has 2 rings (SSSR count). The van der Waals surface area contributed by atoms with Gasteiger partial charge in [-0.1, -0.05) is 6.07 Å². The van der Waals surface area contributed by atoms with E-state index in [1.807, 2.05) is 19.1 Å². The molecule has 2 atom stereocenters. The molecular formula is C16H23NO4. The van der Waals surface area contributed by atoms with E-state index in [1.54, 1.807) is 24.8 Å². The van der Waals surface area contributed by atoms with Gasteiger partial charge in [0, 0.05) is 13.1 Å². The third-order valence-electron chi connectivity index (χ3n) is 3.66. The number of hydrogen-bond acceptors (Lipinski definition) is 4. The molecule has 1 amide bonds. The molecule has 1 saturated heterocycles. The van der Waals surface area contributed by atoms with Crippen LogP contribution in [-0.2, 0) is 9.53 Å². The van der Waals surface area contributed by atoms with Crippen molar-refractivity contribution in [1.29, 1.82) is 0 Å². The molecular weight excluding hydrogens is 270 g/mol. The molecule has 0 bridgehead atoms. The van der Waals surface area contributed by atoms with Gasteiger partial charge in [0.25, 0.3) is 5.91 Å². The highest BCUT2D eigenvalue weighted by molar-refractivity contribution is 5.81. The molecule has 0 aromatic heterocycles. The van der Waals surface area contributed by atoms with Crippen molar-refractivity contribution in [3.63, 3.8) is 0 Å². The zero-order chi connectivity index (χ0) is 15.4. The third-order valence-corrected chi connectivity index (χ3v) is 3.66. The second-order valence-corrected chi connectivity index (χ2v) is 5.40. The van der Waals surface area contributed by atoms with Gasteiger partial charge < -0.3 is 19.5 Å². The molecule has 116 valence electrons. The van der Waals surface area contributed by atoms with Crippen LogP contribution in [0, 0.1) is 6.92 Å². The molecule has 1 fully saturated rings. The van der Waals surface area contributed by atoms with E-state index >= 15 is 0 Å². The van der Waals surface area contributed by atoms with Crippen molar-refractivity contribution in [1.82, 2.24) is 4.90 Å². The number of hydrogen-bond donors (Lipinski definition) is 1. The second kappa shape index (κ2) is 6.91. The predicted octanol–water partition coefficient (Wildman–Crippen LogP) is 1.67. The Bertz CT molecular complexity index is 495. The smallest absolute Gasteiger partial charge is 0.263 e. The van der Waals surface area contributed by atoms with Crippen LogP contribution in [0.25, 0.3) is 0 Å². The van der Waals surface area contributed by atoms with Gasteiger partial charge in [-0.2, -0.15) is 0 Å². The molecule has 21 heavy (non-hydrogen) atoms. The van der Waals surface area contributed by atoms with Crippen molar-refractivity contribution in [2.24, 2.45) is 0 Å². The van der Waals surface area contributed by atoms with Gasteiger partial charge in [0.15, 0.2) is 6.10 Å². The van der Waals surface area contributed by atoms with Crippen molar-refractivity contribution < 1.29 is 19.4 Å². The zero-order valence-electron chi connectivity index (χ0n) is 12.8. The normalized spacial score (nSPS) is 18.2. The summed E-state index contributed by atoms with van der Waals surface area (Å²) in [7, 11) is 0. The number of nitrogens with zero attached hydrogens (tertiary/aromatic N) is 1. The molecule has 1 aromatic carbocycles. The number of ether oxygens (including phenoxy) is 2. The van der Waals surface area contributed by atoms with E-state index in [0.717, 1.165) is 11.1 Å². The van der Waals surface area contributed by atoms with Crippen molar-refractivity contribution in [2.45, 2.75) is 33.0 Å². The van der Waals surface area contributed by atoms with Crippen molar-refractivity contribution in [3.05, 3.63) is 29.3 Å². The van der Waals surface area contributed by atoms with Crippen LogP contribution in [0.2, 0.25) is 0 Å². The molecule has 0 radical (unpaired) electrons. The summed E-state index contributed by atoms with van der Waals surface area (Å²) in [4.78, 5) is 14.1. The lowest BCUT2D eigenvalue weighted by Gasteiger charge is -2.29. The lowest BCUT2D eigenvalue weighted by molar-refractivity contribution is -0.142. The Kier molecular flexibility index (Phi) is 5.20. The van der Waals surface area contributed by atoms with E-state index < -0.39 is 12.2 Å². The van der Waals surface area contributed by atoms with Crippen LogP contribution in [0.4, 0.5) is 0 Å². The molecule has 1 aromatic rings. The second-order valence-electron chi connectivity index (χ2n) is 5.40. The summed E-state index contributed by atoms with van der Waals surface area (Å²) >= 11 is 0. The predicted molar refractivity (Wildman–Crippen MR) is 79.3 cm³/mol. The summed E-state index contributed by atoms with van der Waals surface area (Å²) in [5.41, 5.74) is 1.75. The summed E-state index contributed by atoms with van der Waals surface area (Å²) in [6.07, 6.45) is -1.04. The minimum Gasteiger partial charge on any atom is -0.481 e. The van der Waals surface area contributed by atoms with Crippen LogP contribution < -0.4 is 4.74 Å². The third kappa shape index (κ3) is 3.95. The number of rotatable bonds is 4. The fraction of sp³-hybridized carbons (Fsp3) is 0.562. The quantitative estimate of drug-likeness (QED) is 0.917. The van der Waals surface area contributed by atoms with Crippen LogP contribution in [0.3, 0.4) is 0 Å². The minimum atomic E-state index is -0.529. The van der Waals surface area contributed by atoms with Gasteiger partial charge in [-0.3, -0.25) is 4.79 Å². The molecule has 5 nitrogen and oxygen atoms in total. The average molecular weight is 293 g/mol. The van der Waals surface area contributed by atoms with E-state index in [9.17, 15) is 9.90 Å². The van der Waals surface area contributed by atoms with Crippen molar-refractivity contribution >= 4 is 5.91 Å². The maximum atomic E-state index is 12.3. The first kappa shape index (κ1) is 15.8. The van der Waals surface area contributed by atoms with Gasteiger partial charge in [-0.05, 0) is 44.0 Å². The van der Waals surface area contributed by atoms with Crippen LogP contribution in [0.5, 0.6) is 5.75 Å². The number of carbonyl (C=O) groups excluding carboxylic acids is 1. The Balaban J connectivity index is 2.01. The molecule has 0 spiro atoms. The summed E-state index contributed by atoms with van der Waals surface area (Å²) < 4.78 is 11.0. The lowest BCUT2D eigenvalue weighted by atomic mass is 10.1. The standard InChI is InChI=1S/C16H23NO4/c1-11-10-14(12(2)18)4-5-15(11)21-13(3)16(19)17-6-8-20-9-7-17/h4-5,10,12-13,18H,6-9H2,1-3H3/t12-,13?/m1/s1. The molecule has 5 heteroatoms. The number of benzene rings is 1. The molecule has 1 heterocycles. The number of amides is 1. The first-order chi connectivity index (χ1) is 9.99. The maximum Gasteiger partial charge on any atom is 0.263 e. The van der Waals surface area contributed by atoms with Gasteiger partial charge in [-0.25, -0.2) is 0 Å². The lowest BCUT2D eigenvalue weighted by Crippen LogP contribution is -2.46. The van der Waals surface area contributed by atoms with Crippen LogP contribution in [0.1, 0.15) is 31.1 Å². The number of aliphatic hydroxyl groups is 1. The summed E-state index contributed by atoms with van der Waals surface area (Å²) in [5, 5.41) is 9.57. The number of morpholine rings is 1. The Morgan fingerprint density at radius 3 is 2.57 bits per heavy atom. The van der Waals surface area contributed by atoms with E-state index in [1.165, 1.54) is 0 Å². The Morgan fingerprint density at radius 1 is 1.33 bits per heavy atom. The molecule has 1 aliphatic rings. The minimum absolute atomic E-state index is 0.0164. The van der Waals surface area contributed by atoms with Gasteiger partial charge in [-0.15, -0.1) is 0 Å². The number of carbonyl (C=O) groups is 1. The first-order valence-corrected chi connectivity index (χ1v) is 7.31. The largest absolute Gasteiger partial charge is 0.481 e.